The van der Waals surface area contributed by atoms with Crippen LogP contribution in [0.25, 0.3) is 0 Å². The molecule has 0 unspecified atom stereocenters. The zero-order valence-corrected chi connectivity index (χ0v) is 12.4. The first-order valence-electron chi connectivity index (χ1n) is 5.31. The van der Waals surface area contributed by atoms with Crippen LogP contribution in [0.5, 0.6) is 0 Å². The number of thiocarbonyl (C=S) groups is 1. The first kappa shape index (κ1) is 14.9. The van der Waals surface area contributed by atoms with Crippen molar-refractivity contribution >= 4 is 33.0 Å². The van der Waals surface area contributed by atoms with Crippen molar-refractivity contribution in [3.8, 4) is 0 Å². The van der Waals surface area contributed by atoms with E-state index in [0.717, 1.165) is 0 Å². The highest BCUT2D eigenvalue weighted by Crippen LogP contribution is 2.22. The molecule has 0 saturated heterocycles. The molecular weight excluding hydrogens is 270 g/mol. The minimum Gasteiger partial charge on any atom is -0.366 e. The summed E-state index contributed by atoms with van der Waals surface area (Å²) in [5.74, 6) is 0. The molecule has 18 heavy (non-hydrogen) atoms. The van der Waals surface area contributed by atoms with Gasteiger partial charge in [-0.25, -0.2) is 12.7 Å². The van der Waals surface area contributed by atoms with Crippen LogP contribution in [0.2, 0.25) is 0 Å². The van der Waals surface area contributed by atoms with E-state index in [2.05, 4.69) is 10.6 Å². The van der Waals surface area contributed by atoms with Gasteiger partial charge in [0.15, 0.2) is 5.11 Å². The van der Waals surface area contributed by atoms with Crippen molar-refractivity contribution in [2.45, 2.75) is 11.8 Å². The molecule has 1 aromatic carbocycles. The summed E-state index contributed by atoms with van der Waals surface area (Å²) in [7, 11) is 1.27. The second kappa shape index (κ2) is 5.64. The predicted octanol–water partition coefficient (Wildman–Crippen LogP) is 1.16. The molecule has 100 valence electrons. The van der Waals surface area contributed by atoms with Gasteiger partial charge in [0, 0.05) is 26.8 Å². The number of benzene rings is 1. The van der Waals surface area contributed by atoms with Crippen LogP contribution in [0.3, 0.4) is 0 Å². The lowest BCUT2D eigenvalue weighted by Gasteiger charge is -2.15. The first-order valence-corrected chi connectivity index (χ1v) is 7.15. The number of anilines is 1. The van der Waals surface area contributed by atoms with Gasteiger partial charge in [-0.15, -0.1) is 0 Å². The van der Waals surface area contributed by atoms with Crippen molar-refractivity contribution in [1.29, 1.82) is 0 Å². The van der Waals surface area contributed by atoms with E-state index in [4.69, 9.17) is 12.2 Å². The summed E-state index contributed by atoms with van der Waals surface area (Å²) in [6.07, 6.45) is 0. The SMILES string of the molecule is CNC(=S)Nc1ccc(C)c(S(=O)(=O)N(C)C)c1. The molecule has 0 aliphatic rings. The van der Waals surface area contributed by atoms with Crippen LogP contribution in [0, 0.1) is 6.92 Å². The summed E-state index contributed by atoms with van der Waals surface area (Å²) in [4.78, 5) is 0.274. The lowest BCUT2D eigenvalue weighted by Crippen LogP contribution is -2.25. The second-order valence-electron chi connectivity index (χ2n) is 3.97. The van der Waals surface area contributed by atoms with Crippen LogP contribution >= 0.6 is 12.2 Å². The third kappa shape index (κ3) is 3.18. The van der Waals surface area contributed by atoms with Gasteiger partial charge in [-0.3, -0.25) is 0 Å². The largest absolute Gasteiger partial charge is 0.366 e. The van der Waals surface area contributed by atoms with E-state index in [1.165, 1.54) is 18.4 Å². The summed E-state index contributed by atoms with van der Waals surface area (Å²) in [6.45, 7) is 1.76. The van der Waals surface area contributed by atoms with Crippen molar-refractivity contribution in [2.24, 2.45) is 0 Å². The van der Waals surface area contributed by atoms with E-state index in [9.17, 15) is 8.42 Å². The standard InChI is InChI=1S/C11H17N3O2S2/c1-8-5-6-9(13-11(17)12-2)7-10(8)18(15,16)14(3)4/h5-7H,1-4H3,(H2,12,13,17). The molecule has 0 aliphatic carbocycles. The topological polar surface area (TPSA) is 61.4 Å². The average molecular weight is 287 g/mol. The smallest absolute Gasteiger partial charge is 0.242 e. The summed E-state index contributed by atoms with van der Waals surface area (Å²) >= 11 is 4.98. The molecule has 0 aromatic heterocycles. The molecular formula is C11H17N3O2S2. The van der Waals surface area contributed by atoms with Gasteiger partial charge in [-0.2, -0.15) is 0 Å². The Bertz CT molecular complexity index is 553. The maximum absolute atomic E-state index is 12.1. The Hall–Kier alpha value is -1.18. The maximum atomic E-state index is 12.1. The summed E-state index contributed by atoms with van der Waals surface area (Å²) in [5.41, 5.74) is 1.34. The minimum absolute atomic E-state index is 0.274. The molecule has 2 N–H and O–H groups in total. The average Bonchev–Trinajstić information content (AvgIpc) is 2.31. The van der Waals surface area contributed by atoms with Gasteiger partial charge >= 0.3 is 0 Å². The zero-order chi connectivity index (χ0) is 13.9. The Morgan fingerprint density at radius 2 is 1.94 bits per heavy atom. The number of nitrogens with zero attached hydrogens (tertiary/aromatic N) is 1. The molecule has 0 aliphatic heterocycles. The molecule has 0 radical (unpaired) electrons. The van der Waals surface area contributed by atoms with E-state index < -0.39 is 10.0 Å². The highest BCUT2D eigenvalue weighted by molar-refractivity contribution is 7.89. The van der Waals surface area contributed by atoms with E-state index in [0.29, 0.717) is 16.4 Å². The molecule has 0 amide bonds. The number of nitrogens with one attached hydrogen (secondary N) is 2. The molecule has 0 heterocycles. The maximum Gasteiger partial charge on any atom is 0.242 e. The molecule has 0 atom stereocenters. The second-order valence-corrected chi connectivity index (χ2v) is 6.50. The van der Waals surface area contributed by atoms with Crippen molar-refractivity contribution < 1.29 is 8.42 Å². The number of sulfonamides is 1. The van der Waals surface area contributed by atoms with Gasteiger partial charge in [0.2, 0.25) is 10.0 Å². The predicted molar refractivity (Wildman–Crippen MR) is 77.3 cm³/mol. The van der Waals surface area contributed by atoms with Crippen molar-refractivity contribution in [1.82, 2.24) is 9.62 Å². The van der Waals surface area contributed by atoms with Crippen LogP contribution < -0.4 is 10.6 Å². The van der Waals surface area contributed by atoms with E-state index in [1.807, 2.05) is 0 Å². The highest BCUT2D eigenvalue weighted by Gasteiger charge is 2.20. The molecule has 1 aromatic rings. The first-order chi connectivity index (χ1) is 8.28. The normalized spacial score (nSPS) is 11.4. The quantitative estimate of drug-likeness (QED) is 0.817. The van der Waals surface area contributed by atoms with Crippen LogP contribution in [0.1, 0.15) is 5.56 Å². The number of rotatable bonds is 3. The Balaban J connectivity index is 3.22. The van der Waals surface area contributed by atoms with Crippen LogP contribution in [0.4, 0.5) is 5.69 Å². The molecule has 0 spiro atoms. The third-order valence-corrected chi connectivity index (χ3v) is 4.69. The van der Waals surface area contributed by atoms with Gasteiger partial charge < -0.3 is 10.6 Å². The fourth-order valence-electron chi connectivity index (χ4n) is 1.35. The lowest BCUT2D eigenvalue weighted by molar-refractivity contribution is 0.520. The number of hydrogen-bond donors (Lipinski definition) is 2. The van der Waals surface area contributed by atoms with Gasteiger partial charge in [-0.1, -0.05) is 6.07 Å². The molecule has 0 bridgehead atoms. The fraction of sp³-hybridized carbons (Fsp3) is 0.364. The van der Waals surface area contributed by atoms with E-state index >= 15 is 0 Å². The van der Waals surface area contributed by atoms with Crippen LogP contribution in [0.15, 0.2) is 23.1 Å². The van der Waals surface area contributed by atoms with Gasteiger partial charge in [0.1, 0.15) is 0 Å². The van der Waals surface area contributed by atoms with Gasteiger partial charge in [0.25, 0.3) is 0 Å². The molecule has 0 saturated carbocycles. The van der Waals surface area contributed by atoms with Gasteiger partial charge in [-0.05, 0) is 36.8 Å². The highest BCUT2D eigenvalue weighted by atomic mass is 32.2. The van der Waals surface area contributed by atoms with Gasteiger partial charge in [0.05, 0.1) is 4.90 Å². The Kier molecular flexibility index (Phi) is 4.66. The van der Waals surface area contributed by atoms with Crippen LogP contribution in [-0.4, -0.2) is 39.0 Å². The zero-order valence-electron chi connectivity index (χ0n) is 10.8. The van der Waals surface area contributed by atoms with E-state index in [-0.39, 0.29) is 4.90 Å². The summed E-state index contributed by atoms with van der Waals surface area (Å²) in [5, 5.41) is 6.11. The fourth-order valence-corrected chi connectivity index (χ4v) is 2.61. The Morgan fingerprint density at radius 3 is 2.44 bits per heavy atom. The summed E-state index contributed by atoms with van der Waals surface area (Å²) in [6, 6.07) is 5.11. The van der Waals surface area contributed by atoms with Crippen molar-refractivity contribution in [3.63, 3.8) is 0 Å². The lowest BCUT2D eigenvalue weighted by atomic mass is 10.2. The van der Waals surface area contributed by atoms with Crippen LogP contribution in [-0.2, 0) is 10.0 Å². The van der Waals surface area contributed by atoms with E-state index in [1.54, 1.807) is 32.2 Å². The molecule has 1 rings (SSSR count). The molecule has 7 heteroatoms. The number of aryl methyl sites for hydroxylation is 1. The third-order valence-electron chi connectivity index (χ3n) is 2.43. The Morgan fingerprint density at radius 1 is 1.33 bits per heavy atom. The Labute approximate surface area is 113 Å². The minimum atomic E-state index is -3.44. The molecule has 0 fully saturated rings. The monoisotopic (exact) mass is 287 g/mol. The molecule has 5 nitrogen and oxygen atoms in total. The van der Waals surface area contributed by atoms with Crippen molar-refractivity contribution in [2.75, 3.05) is 26.5 Å². The van der Waals surface area contributed by atoms with Crippen molar-refractivity contribution in [3.05, 3.63) is 23.8 Å². The summed E-state index contributed by atoms with van der Waals surface area (Å²) < 4.78 is 25.4. The number of hydrogen-bond acceptors (Lipinski definition) is 3.